The molecule has 0 saturated carbocycles. The molecule has 154 valence electrons. The first-order chi connectivity index (χ1) is 13.7. The Balaban J connectivity index is 2.08. The predicted octanol–water partition coefficient (Wildman–Crippen LogP) is 3.76. The lowest BCUT2D eigenvalue weighted by Crippen LogP contribution is -2.31. The first-order valence-corrected chi connectivity index (χ1v) is 9.57. The summed E-state index contributed by atoms with van der Waals surface area (Å²) in [7, 11) is 0. The van der Waals surface area contributed by atoms with Crippen molar-refractivity contribution in [2.24, 2.45) is 11.7 Å². The molecular formula is C23H28N2O4. The Morgan fingerprint density at radius 1 is 0.966 bits per heavy atom. The van der Waals surface area contributed by atoms with Crippen LogP contribution in [0.25, 0.3) is 6.08 Å². The largest absolute Gasteiger partial charge is 0.493 e. The van der Waals surface area contributed by atoms with E-state index >= 15 is 0 Å². The van der Waals surface area contributed by atoms with E-state index in [1.54, 1.807) is 48.5 Å². The van der Waals surface area contributed by atoms with Gasteiger partial charge in [-0.05, 0) is 67.8 Å². The highest BCUT2D eigenvalue weighted by atomic mass is 16.5. The second-order valence-corrected chi connectivity index (χ2v) is 7.34. The van der Waals surface area contributed by atoms with Gasteiger partial charge in [-0.2, -0.15) is 0 Å². The highest BCUT2D eigenvalue weighted by molar-refractivity contribution is 6.04. The van der Waals surface area contributed by atoms with Gasteiger partial charge in [0, 0.05) is 5.56 Å². The molecule has 0 radical (unpaired) electrons. The lowest BCUT2D eigenvalue weighted by atomic mass is 10.1. The van der Waals surface area contributed by atoms with E-state index in [9.17, 15) is 9.59 Å². The fraction of sp³-hybridized carbons (Fsp3) is 0.304. The van der Waals surface area contributed by atoms with Gasteiger partial charge in [0.15, 0.2) is 0 Å². The van der Waals surface area contributed by atoms with Gasteiger partial charge in [0.1, 0.15) is 17.2 Å². The molecule has 0 bridgehead atoms. The van der Waals surface area contributed by atoms with Gasteiger partial charge in [0.2, 0.25) is 0 Å². The molecule has 6 nitrogen and oxygen atoms in total. The van der Waals surface area contributed by atoms with Crippen molar-refractivity contribution in [3.63, 3.8) is 0 Å². The number of hydrogen-bond donors (Lipinski definition) is 2. The van der Waals surface area contributed by atoms with Gasteiger partial charge in [-0.15, -0.1) is 0 Å². The Morgan fingerprint density at radius 2 is 1.55 bits per heavy atom. The van der Waals surface area contributed by atoms with Crippen molar-refractivity contribution in [1.29, 1.82) is 0 Å². The van der Waals surface area contributed by atoms with Crippen LogP contribution in [0.3, 0.4) is 0 Å². The molecule has 0 aromatic heterocycles. The minimum atomic E-state index is -0.724. The molecule has 0 heterocycles. The van der Waals surface area contributed by atoms with E-state index in [0.29, 0.717) is 29.4 Å². The van der Waals surface area contributed by atoms with Crippen molar-refractivity contribution >= 4 is 17.9 Å². The zero-order valence-electron chi connectivity index (χ0n) is 17.3. The van der Waals surface area contributed by atoms with E-state index in [4.69, 9.17) is 15.2 Å². The average molecular weight is 396 g/mol. The predicted molar refractivity (Wildman–Crippen MR) is 114 cm³/mol. The molecule has 29 heavy (non-hydrogen) atoms. The molecule has 0 spiro atoms. The van der Waals surface area contributed by atoms with Gasteiger partial charge >= 0.3 is 0 Å². The number of ether oxygens (including phenoxy) is 2. The van der Waals surface area contributed by atoms with E-state index in [0.717, 1.165) is 5.75 Å². The highest BCUT2D eigenvalue weighted by Crippen LogP contribution is 2.16. The summed E-state index contributed by atoms with van der Waals surface area (Å²) in [5, 5.41) is 2.57. The fourth-order valence-corrected chi connectivity index (χ4v) is 2.41. The zero-order valence-corrected chi connectivity index (χ0v) is 17.3. The van der Waals surface area contributed by atoms with Crippen molar-refractivity contribution in [2.45, 2.75) is 33.8 Å². The SMILES string of the molecule is CC(C)COc1ccc(C(=O)N/C(=C/c2ccc(OC(C)C)cc2)C(N)=O)cc1. The van der Waals surface area contributed by atoms with Crippen molar-refractivity contribution < 1.29 is 19.1 Å². The van der Waals surface area contributed by atoms with Crippen LogP contribution >= 0.6 is 0 Å². The molecule has 2 aromatic carbocycles. The quantitative estimate of drug-likeness (QED) is 0.632. The normalized spacial score (nSPS) is 11.4. The van der Waals surface area contributed by atoms with E-state index in [2.05, 4.69) is 19.2 Å². The number of hydrogen-bond acceptors (Lipinski definition) is 4. The lowest BCUT2D eigenvalue weighted by molar-refractivity contribution is -0.114. The monoisotopic (exact) mass is 396 g/mol. The summed E-state index contributed by atoms with van der Waals surface area (Å²) in [6.45, 7) is 8.60. The van der Waals surface area contributed by atoms with Crippen LogP contribution in [0.1, 0.15) is 43.6 Å². The van der Waals surface area contributed by atoms with Crippen LogP contribution in [0.5, 0.6) is 11.5 Å². The first kappa shape index (κ1) is 22.0. The zero-order chi connectivity index (χ0) is 21.4. The number of benzene rings is 2. The third-order valence-electron chi connectivity index (χ3n) is 3.78. The first-order valence-electron chi connectivity index (χ1n) is 9.57. The smallest absolute Gasteiger partial charge is 0.265 e. The van der Waals surface area contributed by atoms with Crippen LogP contribution < -0.4 is 20.5 Å². The molecule has 0 saturated heterocycles. The standard InChI is InChI=1S/C23H28N2O4/c1-15(2)14-28-19-11-7-18(8-12-19)23(27)25-21(22(24)26)13-17-5-9-20(10-6-17)29-16(3)4/h5-13,15-16H,14H2,1-4H3,(H2,24,26)(H,25,27)/b21-13+. The molecule has 0 unspecified atom stereocenters. The Hall–Kier alpha value is -3.28. The van der Waals surface area contributed by atoms with Crippen LogP contribution in [0.4, 0.5) is 0 Å². The number of carbonyl (C=O) groups excluding carboxylic acids is 2. The molecule has 0 aliphatic heterocycles. The van der Waals surface area contributed by atoms with Gasteiger partial charge in [0.25, 0.3) is 11.8 Å². The topological polar surface area (TPSA) is 90.7 Å². The number of rotatable bonds is 9. The van der Waals surface area contributed by atoms with Gasteiger partial charge in [-0.3, -0.25) is 9.59 Å². The summed E-state index contributed by atoms with van der Waals surface area (Å²) >= 11 is 0. The summed E-state index contributed by atoms with van der Waals surface area (Å²) < 4.78 is 11.2. The summed E-state index contributed by atoms with van der Waals surface area (Å²) in [6.07, 6.45) is 1.60. The average Bonchev–Trinajstić information content (AvgIpc) is 2.67. The molecule has 0 aliphatic rings. The minimum Gasteiger partial charge on any atom is -0.493 e. The van der Waals surface area contributed by atoms with Crippen LogP contribution in [-0.4, -0.2) is 24.5 Å². The maximum absolute atomic E-state index is 12.5. The number of amides is 2. The van der Waals surface area contributed by atoms with Gasteiger partial charge in [-0.25, -0.2) is 0 Å². The molecule has 6 heteroatoms. The fourth-order valence-electron chi connectivity index (χ4n) is 2.41. The minimum absolute atomic E-state index is 0.00709. The Morgan fingerprint density at radius 3 is 2.07 bits per heavy atom. The van der Waals surface area contributed by atoms with Crippen molar-refractivity contribution in [3.8, 4) is 11.5 Å². The summed E-state index contributed by atoms with van der Waals surface area (Å²) in [6, 6.07) is 13.9. The second-order valence-electron chi connectivity index (χ2n) is 7.34. The number of nitrogens with two attached hydrogens (primary N) is 1. The van der Waals surface area contributed by atoms with E-state index in [-0.39, 0.29) is 11.8 Å². The van der Waals surface area contributed by atoms with Crippen LogP contribution in [0.2, 0.25) is 0 Å². The Labute approximate surface area is 171 Å². The number of carbonyl (C=O) groups is 2. The maximum Gasteiger partial charge on any atom is 0.265 e. The summed E-state index contributed by atoms with van der Waals surface area (Å²) in [5.74, 6) is 0.668. The second kappa shape index (κ2) is 10.3. The third-order valence-corrected chi connectivity index (χ3v) is 3.78. The number of primary amides is 1. The molecule has 0 atom stereocenters. The third kappa shape index (κ3) is 7.33. The summed E-state index contributed by atoms with van der Waals surface area (Å²) in [4.78, 5) is 24.3. The molecule has 0 aliphatic carbocycles. The molecule has 2 aromatic rings. The van der Waals surface area contributed by atoms with E-state index in [1.165, 1.54) is 6.08 Å². The maximum atomic E-state index is 12.5. The van der Waals surface area contributed by atoms with Gasteiger partial charge < -0.3 is 20.5 Å². The summed E-state index contributed by atoms with van der Waals surface area (Å²) in [5.41, 5.74) is 6.55. The van der Waals surface area contributed by atoms with E-state index < -0.39 is 11.8 Å². The van der Waals surface area contributed by atoms with Crippen LogP contribution in [0.15, 0.2) is 54.2 Å². The molecule has 2 rings (SSSR count). The molecule has 0 fully saturated rings. The van der Waals surface area contributed by atoms with Crippen molar-refractivity contribution in [2.75, 3.05) is 6.61 Å². The Kier molecular flexibility index (Phi) is 7.83. The van der Waals surface area contributed by atoms with Crippen molar-refractivity contribution in [3.05, 3.63) is 65.4 Å². The van der Waals surface area contributed by atoms with Crippen LogP contribution in [-0.2, 0) is 4.79 Å². The number of nitrogens with one attached hydrogen (secondary N) is 1. The van der Waals surface area contributed by atoms with Crippen LogP contribution in [0, 0.1) is 5.92 Å². The van der Waals surface area contributed by atoms with E-state index in [1.807, 2.05) is 13.8 Å². The van der Waals surface area contributed by atoms with Crippen molar-refractivity contribution in [1.82, 2.24) is 5.32 Å². The molecular weight excluding hydrogens is 368 g/mol. The Bertz CT molecular complexity index is 853. The molecule has 2 amide bonds. The highest BCUT2D eigenvalue weighted by Gasteiger charge is 2.12. The van der Waals surface area contributed by atoms with Gasteiger partial charge in [-0.1, -0.05) is 26.0 Å². The van der Waals surface area contributed by atoms with Gasteiger partial charge in [0.05, 0.1) is 12.7 Å². The molecule has 3 N–H and O–H groups in total. The lowest BCUT2D eigenvalue weighted by Gasteiger charge is -2.11.